The molecule has 7 heteroatoms. The molecule has 20 heavy (non-hydrogen) atoms. The van der Waals surface area contributed by atoms with Crippen molar-refractivity contribution in [3.8, 4) is 0 Å². The molecular weight excluding hydrogens is 276 g/mol. The van der Waals surface area contributed by atoms with Crippen molar-refractivity contribution in [3.63, 3.8) is 0 Å². The van der Waals surface area contributed by atoms with E-state index in [1.165, 1.54) is 11.8 Å². The second kappa shape index (κ2) is 7.10. The molecule has 0 saturated carbocycles. The molecule has 1 saturated heterocycles. The Bertz CT molecular complexity index is 438. The van der Waals surface area contributed by atoms with E-state index in [1.807, 2.05) is 12.3 Å². The minimum atomic E-state index is -0.790. The minimum absolute atomic E-state index is 0.376. The van der Waals surface area contributed by atoms with Gasteiger partial charge in [-0.1, -0.05) is 18.7 Å². The molecule has 112 valence electrons. The van der Waals surface area contributed by atoms with E-state index >= 15 is 0 Å². The molecule has 6 nitrogen and oxygen atoms in total. The summed E-state index contributed by atoms with van der Waals surface area (Å²) >= 11 is 1.50. The molecule has 1 atom stereocenters. The molecule has 0 amide bonds. The van der Waals surface area contributed by atoms with Crippen LogP contribution < -0.4 is 10.6 Å². The Morgan fingerprint density at radius 3 is 2.75 bits per heavy atom. The van der Waals surface area contributed by atoms with Gasteiger partial charge in [0.2, 0.25) is 0 Å². The van der Waals surface area contributed by atoms with Crippen molar-refractivity contribution in [1.82, 2.24) is 9.97 Å². The lowest BCUT2D eigenvalue weighted by Crippen LogP contribution is -2.37. The van der Waals surface area contributed by atoms with Gasteiger partial charge in [0.25, 0.3) is 0 Å². The van der Waals surface area contributed by atoms with Crippen molar-refractivity contribution < 1.29 is 9.84 Å². The Balaban J connectivity index is 2.01. The van der Waals surface area contributed by atoms with E-state index < -0.39 is 5.60 Å². The van der Waals surface area contributed by atoms with Gasteiger partial charge in [-0.25, -0.2) is 9.97 Å². The zero-order valence-electron chi connectivity index (χ0n) is 12.0. The van der Waals surface area contributed by atoms with Gasteiger partial charge in [-0.15, -0.1) is 0 Å². The Hall–Kier alpha value is -1.05. The third-order valence-electron chi connectivity index (χ3n) is 3.13. The number of nitrogens with one attached hydrogen (secondary N) is 2. The Morgan fingerprint density at radius 2 is 2.15 bits per heavy atom. The van der Waals surface area contributed by atoms with Gasteiger partial charge in [0, 0.05) is 32.2 Å². The molecule has 1 unspecified atom stereocenters. The molecule has 1 aliphatic heterocycles. The summed E-state index contributed by atoms with van der Waals surface area (Å²) in [5.74, 6) is 1.53. The fraction of sp³-hybridized carbons (Fsp3) is 0.692. The van der Waals surface area contributed by atoms with E-state index in [1.54, 1.807) is 0 Å². The highest BCUT2D eigenvalue weighted by molar-refractivity contribution is 7.98. The summed E-state index contributed by atoms with van der Waals surface area (Å²) in [7, 11) is 0. The molecule has 0 bridgehead atoms. The van der Waals surface area contributed by atoms with E-state index in [0.717, 1.165) is 24.6 Å². The van der Waals surface area contributed by atoms with Gasteiger partial charge in [0.05, 0.1) is 6.61 Å². The van der Waals surface area contributed by atoms with Crippen LogP contribution in [0.25, 0.3) is 0 Å². The molecule has 1 fully saturated rings. The molecule has 1 aliphatic rings. The number of thioether (sulfide) groups is 1. The average molecular weight is 298 g/mol. The van der Waals surface area contributed by atoms with Crippen molar-refractivity contribution in [3.05, 3.63) is 6.07 Å². The number of hydrogen-bond acceptors (Lipinski definition) is 7. The topological polar surface area (TPSA) is 79.3 Å². The largest absolute Gasteiger partial charge is 0.386 e. The van der Waals surface area contributed by atoms with E-state index in [0.29, 0.717) is 31.3 Å². The smallest absolute Gasteiger partial charge is 0.191 e. The van der Waals surface area contributed by atoms with Crippen molar-refractivity contribution in [2.24, 2.45) is 0 Å². The van der Waals surface area contributed by atoms with E-state index in [-0.39, 0.29) is 0 Å². The number of aliphatic hydroxyl groups is 1. The van der Waals surface area contributed by atoms with Crippen LogP contribution >= 0.6 is 11.8 Å². The first-order valence-corrected chi connectivity index (χ1v) is 8.08. The summed E-state index contributed by atoms with van der Waals surface area (Å²) in [6, 6.07) is 1.87. The van der Waals surface area contributed by atoms with Crippen LogP contribution in [0.2, 0.25) is 0 Å². The summed E-state index contributed by atoms with van der Waals surface area (Å²) in [5.41, 5.74) is -0.790. The zero-order valence-corrected chi connectivity index (χ0v) is 12.8. The van der Waals surface area contributed by atoms with Gasteiger partial charge >= 0.3 is 0 Å². The number of ether oxygens (including phenoxy) is 1. The highest BCUT2D eigenvalue weighted by Crippen LogP contribution is 2.21. The number of rotatable bonds is 7. The van der Waals surface area contributed by atoms with Crippen LogP contribution in [0.1, 0.15) is 19.8 Å². The lowest BCUT2D eigenvalue weighted by atomic mass is 10.0. The molecule has 2 heterocycles. The number of anilines is 2. The normalized spacial score (nSPS) is 21.9. The molecule has 0 aliphatic carbocycles. The summed E-state index contributed by atoms with van der Waals surface area (Å²) in [6.45, 7) is 4.41. The predicted molar refractivity (Wildman–Crippen MR) is 81.5 cm³/mol. The fourth-order valence-electron chi connectivity index (χ4n) is 1.94. The molecule has 0 radical (unpaired) electrons. The van der Waals surface area contributed by atoms with Crippen molar-refractivity contribution in [1.29, 1.82) is 0 Å². The number of hydrogen-bond donors (Lipinski definition) is 3. The van der Waals surface area contributed by atoms with Crippen LogP contribution in [0.3, 0.4) is 0 Å². The molecule has 2 rings (SSSR count). The van der Waals surface area contributed by atoms with Crippen molar-refractivity contribution >= 4 is 23.4 Å². The maximum atomic E-state index is 10.2. The monoisotopic (exact) mass is 298 g/mol. The molecular formula is C13H22N4O2S. The first-order valence-electron chi connectivity index (χ1n) is 6.86. The van der Waals surface area contributed by atoms with Crippen LogP contribution in [0, 0.1) is 0 Å². The van der Waals surface area contributed by atoms with E-state index in [4.69, 9.17) is 4.74 Å². The van der Waals surface area contributed by atoms with Crippen molar-refractivity contribution in [2.45, 2.75) is 30.5 Å². The van der Waals surface area contributed by atoms with Crippen LogP contribution in [0.4, 0.5) is 11.6 Å². The van der Waals surface area contributed by atoms with Crippen LogP contribution in [0.15, 0.2) is 11.2 Å². The summed E-state index contributed by atoms with van der Waals surface area (Å²) < 4.78 is 5.23. The lowest BCUT2D eigenvalue weighted by Gasteiger charge is -2.21. The van der Waals surface area contributed by atoms with E-state index in [2.05, 4.69) is 27.5 Å². The first kappa shape index (κ1) is 15.3. The fourth-order valence-corrected chi connectivity index (χ4v) is 2.32. The minimum Gasteiger partial charge on any atom is -0.386 e. The quantitative estimate of drug-likeness (QED) is 0.521. The third-order valence-corrected chi connectivity index (χ3v) is 3.67. The van der Waals surface area contributed by atoms with Gasteiger partial charge in [-0.3, -0.25) is 0 Å². The molecule has 0 spiro atoms. The summed E-state index contributed by atoms with van der Waals surface area (Å²) in [6.07, 6.45) is 3.64. The number of aromatic nitrogens is 2. The average Bonchev–Trinajstić information content (AvgIpc) is 2.90. The maximum Gasteiger partial charge on any atom is 0.191 e. The summed E-state index contributed by atoms with van der Waals surface area (Å²) in [5, 5.41) is 17.4. The van der Waals surface area contributed by atoms with Gasteiger partial charge in [-0.05, 0) is 12.7 Å². The molecule has 1 aromatic rings. The Labute approximate surface area is 123 Å². The van der Waals surface area contributed by atoms with Gasteiger partial charge in [0.1, 0.15) is 17.2 Å². The predicted octanol–water partition coefficient (Wildman–Crippen LogP) is 1.58. The lowest BCUT2D eigenvalue weighted by molar-refractivity contribution is 0.0381. The van der Waals surface area contributed by atoms with E-state index in [9.17, 15) is 5.11 Å². The maximum absolute atomic E-state index is 10.2. The van der Waals surface area contributed by atoms with Crippen LogP contribution in [-0.2, 0) is 4.74 Å². The number of nitrogens with zero attached hydrogens (tertiary/aromatic N) is 2. The van der Waals surface area contributed by atoms with Crippen molar-refractivity contribution in [2.75, 3.05) is 43.2 Å². The van der Waals surface area contributed by atoms with Gasteiger partial charge in [-0.2, -0.15) is 0 Å². The third kappa shape index (κ3) is 4.22. The standard InChI is InChI=1S/C13H22N4O2S/c1-3-5-14-10-7-11(17-12(16-10)20-2)15-8-13(18)4-6-19-9-13/h7,18H,3-6,8-9H2,1-2H3,(H2,14,15,16,17). The van der Waals surface area contributed by atoms with Crippen LogP contribution in [0.5, 0.6) is 0 Å². The van der Waals surface area contributed by atoms with Crippen LogP contribution in [-0.4, -0.2) is 53.2 Å². The highest BCUT2D eigenvalue weighted by Gasteiger charge is 2.32. The summed E-state index contributed by atoms with van der Waals surface area (Å²) in [4.78, 5) is 8.80. The van der Waals surface area contributed by atoms with Gasteiger partial charge < -0.3 is 20.5 Å². The molecule has 3 N–H and O–H groups in total. The highest BCUT2D eigenvalue weighted by atomic mass is 32.2. The first-order chi connectivity index (χ1) is 9.65. The zero-order chi connectivity index (χ0) is 14.4. The second-order valence-electron chi connectivity index (χ2n) is 4.93. The Morgan fingerprint density at radius 1 is 1.40 bits per heavy atom. The Kier molecular flexibility index (Phi) is 5.45. The SMILES string of the molecule is CCCNc1cc(NCC2(O)CCOC2)nc(SC)n1. The second-order valence-corrected chi connectivity index (χ2v) is 5.71. The van der Waals surface area contributed by atoms with Gasteiger partial charge in [0.15, 0.2) is 5.16 Å². The molecule has 0 aromatic carbocycles. The molecule has 1 aromatic heterocycles.